The number of anilines is 1. The lowest BCUT2D eigenvalue weighted by Gasteiger charge is -2.19. The SMILES string of the molecule is CC(N)CCC(=O)Nc1cc(C2CCCCC2)nn1C. The van der Waals surface area contributed by atoms with E-state index >= 15 is 0 Å². The number of rotatable bonds is 5. The van der Waals surface area contributed by atoms with Gasteiger partial charge in [-0.25, -0.2) is 0 Å². The third kappa shape index (κ3) is 4.07. The molecule has 0 aliphatic heterocycles. The Labute approximate surface area is 120 Å². The van der Waals surface area contributed by atoms with Gasteiger partial charge in [0.25, 0.3) is 0 Å². The number of nitrogens with one attached hydrogen (secondary N) is 1. The second-order valence-electron chi connectivity index (χ2n) is 5.98. The van der Waals surface area contributed by atoms with Crippen molar-refractivity contribution < 1.29 is 4.79 Å². The minimum atomic E-state index is 0.0143. The Hall–Kier alpha value is -1.36. The Kier molecular flexibility index (Phi) is 5.17. The molecule has 1 atom stereocenters. The zero-order chi connectivity index (χ0) is 14.5. The number of nitrogens with two attached hydrogens (primary N) is 1. The van der Waals surface area contributed by atoms with Crippen molar-refractivity contribution in [2.75, 3.05) is 5.32 Å². The zero-order valence-electron chi connectivity index (χ0n) is 12.6. The van der Waals surface area contributed by atoms with E-state index in [-0.39, 0.29) is 11.9 Å². The Balaban J connectivity index is 1.94. The van der Waals surface area contributed by atoms with Crippen LogP contribution in [0.4, 0.5) is 5.82 Å². The lowest BCUT2D eigenvalue weighted by Crippen LogP contribution is -2.20. The first-order valence-electron chi connectivity index (χ1n) is 7.65. The predicted octanol–water partition coefficient (Wildman–Crippen LogP) is 2.53. The van der Waals surface area contributed by atoms with Crippen LogP contribution in [0.2, 0.25) is 0 Å². The molecule has 0 radical (unpaired) electrons. The summed E-state index contributed by atoms with van der Waals surface area (Å²) in [6.45, 7) is 1.92. The van der Waals surface area contributed by atoms with Gasteiger partial charge in [-0.15, -0.1) is 0 Å². The summed E-state index contributed by atoms with van der Waals surface area (Å²) in [4.78, 5) is 11.8. The molecule has 112 valence electrons. The van der Waals surface area contributed by atoms with Crippen LogP contribution in [0.25, 0.3) is 0 Å². The molecule has 0 spiro atoms. The van der Waals surface area contributed by atoms with E-state index in [4.69, 9.17) is 5.73 Å². The van der Waals surface area contributed by atoms with Crippen LogP contribution < -0.4 is 11.1 Å². The first-order valence-corrected chi connectivity index (χ1v) is 7.65. The van der Waals surface area contributed by atoms with Gasteiger partial charge in [0.05, 0.1) is 5.69 Å². The molecule has 1 aromatic rings. The Morgan fingerprint density at radius 2 is 2.20 bits per heavy atom. The third-order valence-electron chi connectivity index (χ3n) is 4.02. The standard InChI is InChI=1S/C15H26N4O/c1-11(16)8-9-15(20)17-14-10-13(18-19(14)2)12-6-4-3-5-7-12/h10-12H,3-9,16H2,1-2H3,(H,17,20). The smallest absolute Gasteiger partial charge is 0.225 e. The lowest BCUT2D eigenvalue weighted by atomic mass is 9.87. The molecule has 1 aromatic heterocycles. The van der Waals surface area contributed by atoms with Gasteiger partial charge >= 0.3 is 0 Å². The van der Waals surface area contributed by atoms with E-state index < -0.39 is 0 Å². The topological polar surface area (TPSA) is 72.9 Å². The summed E-state index contributed by atoms with van der Waals surface area (Å²) < 4.78 is 1.77. The minimum Gasteiger partial charge on any atom is -0.328 e. The van der Waals surface area contributed by atoms with Gasteiger partial charge in [-0.3, -0.25) is 9.48 Å². The molecule has 1 fully saturated rings. The normalized spacial score (nSPS) is 17.9. The van der Waals surface area contributed by atoms with Crippen LogP contribution in [0.3, 0.4) is 0 Å². The van der Waals surface area contributed by atoms with Gasteiger partial charge in [-0.1, -0.05) is 19.3 Å². The lowest BCUT2D eigenvalue weighted by molar-refractivity contribution is -0.116. The highest BCUT2D eigenvalue weighted by atomic mass is 16.1. The van der Waals surface area contributed by atoms with E-state index in [1.54, 1.807) is 4.68 Å². The molecule has 0 saturated heterocycles. The summed E-state index contributed by atoms with van der Waals surface area (Å²) in [6, 6.07) is 2.09. The van der Waals surface area contributed by atoms with Crippen LogP contribution >= 0.6 is 0 Å². The Morgan fingerprint density at radius 3 is 2.85 bits per heavy atom. The number of aryl methyl sites for hydroxylation is 1. The van der Waals surface area contributed by atoms with Crippen LogP contribution in [0, 0.1) is 0 Å². The van der Waals surface area contributed by atoms with Crippen LogP contribution in [0.1, 0.15) is 63.5 Å². The Morgan fingerprint density at radius 1 is 1.50 bits per heavy atom. The van der Waals surface area contributed by atoms with Crippen molar-refractivity contribution in [3.63, 3.8) is 0 Å². The van der Waals surface area contributed by atoms with E-state index in [0.717, 1.165) is 11.5 Å². The number of hydrogen-bond donors (Lipinski definition) is 2. The van der Waals surface area contributed by atoms with E-state index in [1.807, 2.05) is 20.0 Å². The molecule has 1 amide bonds. The van der Waals surface area contributed by atoms with E-state index in [0.29, 0.717) is 18.8 Å². The number of hydrogen-bond acceptors (Lipinski definition) is 3. The average molecular weight is 278 g/mol. The largest absolute Gasteiger partial charge is 0.328 e. The monoisotopic (exact) mass is 278 g/mol. The van der Waals surface area contributed by atoms with Crippen molar-refractivity contribution in [3.8, 4) is 0 Å². The molecule has 5 nitrogen and oxygen atoms in total. The molecule has 5 heteroatoms. The van der Waals surface area contributed by atoms with E-state index in [9.17, 15) is 4.79 Å². The molecule has 1 unspecified atom stereocenters. The highest BCUT2D eigenvalue weighted by Crippen LogP contribution is 2.32. The van der Waals surface area contributed by atoms with Crippen molar-refractivity contribution in [1.82, 2.24) is 9.78 Å². The number of aromatic nitrogens is 2. The molecule has 1 aliphatic rings. The number of nitrogens with zero attached hydrogens (tertiary/aromatic N) is 2. The Bertz CT molecular complexity index is 447. The van der Waals surface area contributed by atoms with Crippen LogP contribution in [0.5, 0.6) is 0 Å². The second-order valence-corrected chi connectivity index (χ2v) is 5.98. The zero-order valence-corrected chi connectivity index (χ0v) is 12.6. The molecule has 0 bridgehead atoms. The molecule has 20 heavy (non-hydrogen) atoms. The van der Waals surface area contributed by atoms with Gasteiger partial charge in [-0.05, 0) is 26.2 Å². The number of amides is 1. The molecule has 3 N–H and O–H groups in total. The fraction of sp³-hybridized carbons (Fsp3) is 0.733. The van der Waals surface area contributed by atoms with Crippen molar-refractivity contribution in [2.45, 2.75) is 63.8 Å². The maximum absolute atomic E-state index is 11.8. The number of carbonyl (C=O) groups excluding carboxylic acids is 1. The van der Waals surface area contributed by atoms with Gasteiger partial charge in [0, 0.05) is 31.5 Å². The summed E-state index contributed by atoms with van der Waals surface area (Å²) in [6.07, 6.45) is 7.52. The van der Waals surface area contributed by atoms with Crippen LogP contribution in [0.15, 0.2) is 6.07 Å². The molecule has 2 rings (SSSR count). The highest BCUT2D eigenvalue weighted by molar-refractivity contribution is 5.89. The van der Waals surface area contributed by atoms with Crippen LogP contribution in [-0.2, 0) is 11.8 Å². The molecule has 1 heterocycles. The molecule has 0 aromatic carbocycles. The summed E-state index contributed by atoms with van der Waals surface area (Å²) in [5, 5.41) is 7.49. The summed E-state index contributed by atoms with van der Waals surface area (Å²) in [7, 11) is 1.88. The fourth-order valence-electron chi connectivity index (χ4n) is 2.77. The first kappa shape index (κ1) is 15.0. The van der Waals surface area contributed by atoms with Crippen molar-refractivity contribution in [2.24, 2.45) is 12.8 Å². The molecular weight excluding hydrogens is 252 g/mol. The van der Waals surface area contributed by atoms with Gasteiger partial charge in [0.15, 0.2) is 0 Å². The maximum Gasteiger partial charge on any atom is 0.225 e. The summed E-state index contributed by atoms with van der Waals surface area (Å²) in [5.41, 5.74) is 6.79. The molecular formula is C15H26N4O. The highest BCUT2D eigenvalue weighted by Gasteiger charge is 2.19. The minimum absolute atomic E-state index is 0.0143. The van der Waals surface area contributed by atoms with Crippen molar-refractivity contribution >= 4 is 11.7 Å². The average Bonchev–Trinajstić information content (AvgIpc) is 2.79. The van der Waals surface area contributed by atoms with E-state index in [1.165, 1.54) is 32.1 Å². The predicted molar refractivity (Wildman–Crippen MR) is 80.5 cm³/mol. The number of carbonyl (C=O) groups is 1. The third-order valence-corrected chi connectivity index (χ3v) is 4.02. The van der Waals surface area contributed by atoms with Crippen LogP contribution in [-0.4, -0.2) is 21.7 Å². The summed E-state index contributed by atoms with van der Waals surface area (Å²) >= 11 is 0. The van der Waals surface area contributed by atoms with Gasteiger partial charge < -0.3 is 11.1 Å². The first-order chi connectivity index (χ1) is 9.56. The van der Waals surface area contributed by atoms with Gasteiger partial charge in [-0.2, -0.15) is 5.10 Å². The quantitative estimate of drug-likeness (QED) is 0.869. The second kappa shape index (κ2) is 6.88. The fourth-order valence-corrected chi connectivity index (χ4v) is 2.77. The maximum atomic E-state index is 11.8. The van der Waals surface area contributed by atoms with E-state index in [2.05, 4.69) is 10.4 Å². The van der Waals surface area contributed by atoms with Gasteiger partial charge in [0.2, 0.25) is 5.91 Å². The summed E-state index contributed by atoms with van der Waals surface area (Å²) in [5.74, 6) is 1.37. The molecule has 1 saturated carbocycles. The van der Waals surface area contributed by atoms with Gasteiger partial charge in [0.1, 0.15) is 5.82 Å². The van der Waals surface area contributed by atoms with Crippen molar-refractivity contribution in [1.29, 1.82) is 0 Å². The van der Waals surface area contributed by atoms with Crippen molar-refractivity contribution in [3.05, 3.63) is 11.8 Å². The molecule has 1 aliphatic carbocycles.